The number of aryl methyl sites for hydroxylation is 1. The van der Waals surface area contributed by atoms with Crippen molar-refractivity contribution in [2.24, 2.45) is 0 Å². The lowest BCUT2D eigenvalue weighted by molar-refractivity contribution is 0.0835. The maximum absolute atomic E-state index is 5.40. The van der Waals surface area contributed by atoms with Crippen molar-refractivity contribution < 1.29 is 4.74 Å². The van der Waals surface area contributed by atoms with Crippen LogP contribution in [-0.4, -0.2) is 29.7 Å². The molecule has 0 amide bonds. The van der Waals surface area contributed by atoms with Gasteiger partial charge in [0, 0.05) is 36.9 Å². The van der Waals surface area contributed by atoms with Gasteiger partial charge in [0.1, 0.15) is 11.6 Å². The van der Waals surface area contributed by atoms with Gasteiger partial charge in [-0.25, -0.2) is 9.97 Å². The molecule has 1 N–H and O–H groups in total. The van der Waals surface area contributed by atoms with Gasteiger partial charge < -0.3 is 10.1 Å². The Morgan fingerprint density at radius 3 is 2.61 bits per heavy atom. The molecule has 0 atom stereocenters. The normalized spacial score (nSPS) is 16.8. The fourth-order valence-electron chi connectivity index (χ4n) is 2.20. The van der Waals surface area contributed by atoms with E-state index in [1.165, 1.54) is 5.56 Å². The minimum Gasteiger partial charge on any atom is -0.381 e. The zero-order chi connectivity index (χ0) is 13.0. The van der Waals surface area contributed by atoms with Crippen molar-refractivity contribution in [1.82, 2.24) is 9.97 Å². The third-order valence-electron chi connectivity index (χ3n) is 3.54. The van der Waals surface area contributed by atoms with Crippen molar-refractivity contribution in [3.05, 3.63) is 17.1 Å². The molecule has 0 saturated carbocycles. The molecule has 1 aliphatic heterocycles. The van der Waals surface area contributed by atoms with Crippen LogP contribution in [0, 0.1) is 13.8 Å². The van der Waals surface area contributed by atoms with E-state index >= 15 is 0 Å². The summed E-state index contributed by atoms with van der Waals surface area (Å²) in [5, 5.41) is 3.40. The average molecular weight is 249 g/mol. The maximum Gasteiger partial charge on any atom is 0.134 e. The fourth-order valence-corrected chi connectivity index (χ4v) is 2.20. The lowest BCUT2D eigenvalue weighted by atomic mass is 9.99. The van der Waals surface area contributed by atoms with E-state index in [0.717, 1.165) is 56.4 Å². The molecule has 2 rings (SSSR count). The molecule has 1 aliphatic rings. The summed E-state index contributed by atoms with van der Waals surface area (Å²) in [6.07, 6.45) is 3.18. The summed E-state index contributed by atoms with van der Waals surface area (Å²) < 4.78 is 5.40. The van der Waals surface area contributed by atoms with Crippen LogP contribution in [0.2, 0.25) is 0 Å². The van der Waals surface area contributed by atoms with Crippen LogP contribution in [0.3, 0.4) is 0 Å². The van der Waals surface area contributed by atoms with Gasteiger partial charge in [-0.05, 0) is 33.1 Å². The van der Waals surface area contributed by atoms with Gasteiger partial charge in [-0.3, -0.25) is 0 Å². The van der Waals surface area contributed by atoms with E-state index in [-0.39, 0.29) is 0 Å². The predicted octanol–water partition coefficient (Wildman–Crippen LogP) is 2.81. The summed E-state index contributed by atoms with van der Waals surface area (Å²) in [6, 6.07) is 0. The van der Waals surface area contributed by atoms with Crippen molar-refractivity contribution in [1.29, 1.82) is 0 Å². The molecular weight excluding hydrogens is 226 g/mol. The summed E-state index contributed by atoms with van der Waals surface area (Å²) in [5.41, 5.74) is 2.25. The lowest BCUT2D eigenvalue weighted by Gasteiger charge is -2.22. The van der Waals surface area contributed by atoms with E-state index in [1.807, 2.05) is 0 Å². The standard InChI is InChI=1S/C14H23N3O/c1-4-7-15-13-10(2)11(3)16-14(17-13)12-5-8-18-9-6-12/h12H,4-9H2,1-3H3,(H,15,16,17). The smallest absolute Gasteiger partial charge is 0.134 e. The van der Waals surface area contributed by atoms with E-state index in [0.29, 0.717) is 5.92 Å². The van der Waals surface area contributed by atoms with E-state index in [4.69, 9.17) is 9.72 Å². The zero-order valence-electron chi connectivity index (χ0n) is 11.6. The highest BCUT2D eigenvalue weighted by Crippen LogP contribution is 2.26. The quantitative estimate of drug-likeness (QED) is 0.891. The van der Waals surface area contributed by atoms with Gasteiger partial charge in [0.2, 0.25) is 0 Å². The van der Waals surface area contributed by atoms with Crippen molar-refractivity contribution in [3.63, 3.8) is 0 Å². The number of ether oxygens (including phenoxy) is 1. The first-order valence-electron chi connectivity index (χ1n) is 6.89. The number of hydrogen-bond donors (Lipinski definition) is 1. The van der Waals surface area contributed by atoms with E-state index in [1.54, 1.807) is 0 Å². The molecule has 0 radical (unpaired) electrons. The molecule has 1 aromatic rings. The minimum absolute atomic E-state index is 0.459. The Morgan fingerprint density at radius 1 is 1.22 bits per heavy atom. The van der Waals surface area contributed by atoms with E-state index in [2.05, 4.69) is 31.1 Å². The number of anilines is 1. The van der Waals surface area contributed by atoms with Crippen LogP contribution in [0.1, 0.15) is 49.2 Å². The Kier molecular flexibility index (Phi) is 4.53. The summed E-state index contributed by atoms with van der Waals surface area (Å²) >= 11 is 0. The highest BCUT2D eigenvalue weighted by molar-refractivity contribution is 5.45. The molecule has 1 fully saturated rings. The molecule has 0 aromatic carbocycles. The van der Waals surface area contributed by atoms with Gasteiger partial charge in [-0.15, -0.1) is 0 Å². The summed E-state index contributed by atoms with van der Waals surface area (Å²) in [7, 11) is 0. The predicted molar refractivity (Wildman–Crippen MR) is 73.1 cm³/mol. The Bertz CT molecular complexity index is 400. The van der Waals surface area contributed by atoms with Crippen LogP contribution >= 0.6 is 0 Å². The third kappa shape index (κ3) is 2.99. The van der Waals surface area contributed by atoms with E-state index in [9.17, 15) is 0 Å². The van der Waals surface area contributed by atoms with Gasteiger partial charge in [0.05, 0.1) is 0 Å². The molecule has 0 unspecified atom stereocenters. The first-order chi connectivity index (χ1) is 8.72. The first-order valence-corrected chi connectivity index (χ1v) is 6.89. The largest absolute Gasteiger partial charge is 0.381 e. The summed E-state index contributed by atoms with van der Waals surface area (Å²) in [4.78, 5) is 9.37. The van der Waals surface area contributed by atoms with Gasteiger partial charge in [-0.2, -0.15) is 0 Å². The van der Waals surface area contributed by atoms with Crippen LogP contribution in [0.15, 0.2) is 0 Å². The molecule has 100 valence electrons. The van der Waals surface area contributed by atoms with Crippen molar-refractivity contribution >= 4 is 5.82 Å². The molecular formula is C14H23N3O. The lowest BCUT2D eigenvalue weighted by Crippen LogP contribution is -2.18. The van der Waals surface area contributed by atoms with Crippen LogP contribution < -0.4 is 5.32 Å². The van der Waals surface area contributed by atoms with E-state index < -0.39 is 0 Å². The molecule has 1 saturated heterocycles. The topological polar surface area (TPSA) is 47.0 Å². The van der Waals surface area contributed by atoms with Gasteiger partial charge in [0.25, 0.3) is 0 Å². The molecule has 1 aromatic heterocycles. The van der Waals surface area contributed by atoms with Crippen molar-refractivity contribution in [2.75, 3.05) is 25.1 Å². The van der Waals surface area contributed by atoms with Crippen LogP contribution in [0.4, 0.5) is 5.82 Å². The molecule has 4 heteroatoms. The molecule has 2 heterocycles. The summed E-state index contributed by atoms with van der Waals surface area (Å²) in [6.45, 7) is 8.94. The Morgan fingerprint density at radius 2 is 1.94 bits per heavy atom. The van der Waals surface area contributed by atoms with Crippen molar-refractivity contribution in [3.8, 4) is 0 Å². The molecule has 18 heavy (non-hydrogen) atoms. The highest BCUT2D eigenvalue weighted by atomic mass is 16.5. The minimum atomic E-state index is 0.459. The van der Waals surface area contributed by atoms with Crippen LogP contribution in [0.25, 0.3) is 0 Å². The Hall–Kier alpha value is -1.16. The maximum atomic E-state index is 5.40. The number of aromatic nitrogens is 2. The second kappa shape index (κ2) is 6.14. The SMILES string of the molecule is CCCNc1nc(C2CCOCC2)nc(C)c1C. The number of hydrogen-bond acceptors (Lipinski definition) is 4. The second-order valence-electron chi connectivity index (χ2n) is 4.95. The third-order valence-corrected chi connectivity index (χ3v) is 3.54. The average Bonchev–Trinajstić information content (AvgIpc) is 2.41. The monoisotopic (exact) mass is 249 g/mol. The highest BCUT2D eigenvalue weighted by Gasteiger charge is 2.20. The fraction of sp³-hybridized carbons (Fsp3) is 0.714. The second-order valence-corrected chi connectivity index (χ2v) is 4.95. The molecule has 4 nitrogen and oxygen atoms in total. The summed E-state index contributed by atoms with van der Waals surface area (Å²) in [5.74, 6) is 2.45. The number of rotatable bonds is 4. The Balaban J connectivity index is 2.22. The van der Waals surface area contributed by atoms with Crippen LogP contribution in [-0.2, 0) is 4.74 Å². The van der Waals surface area contributed by atoms with Crippen LogP contribution in [0.5, 0.6) is 0 Å². The number of nitrogens with one attached hydrogen (secondary N) is 1. The van der Waals surface area contributed by atoms with Crippen molar-refractivity contribution in [2.45, 2.75) is 46.0 Å². The number of nitrogens with zero attached hydrogens (tertiary/aromatic N) is 2. The molecule has 0 spiro atoms. The van der Waals surface area contributed by atoms with Gasteiger partial charge >= 0.3 is 0 Å². The van der Waals surface area contributed by atoms with Gasteiger partial charge in [0.15, 0.2) is 0 Å². The Labute approximate surface area is 109 Å². The zero-order valence-corrected chi connectivity index (χ0v) is 11.6. The molecule has 0 aliphatic carbocycles. The molecule has 0 bridgehead atoms. The first kappa shape index (κ1) is 13.3. The van der Waals surface area contributed by atoms with Gasteiger partial charge in [-0.1, -0.05) is 6.92 Å².